The predicted molar refractivity (Wildman–Crippen MR) is 76.6 cm³/mol. The average Bonchev–Trinajstić information content (AvgIpc) is 2.26. The van der Waals surface area contributed by atoms with Crippen molar-refractivity contribution in [3.8, 4) is 0 Å². The van der Waals surface area contributed by atoms with Crippen LogP contribution in [0.3, 0.4) is 0 Å². The van der Waals surface area contributed by atoms with Crippen LogP contribution in [-0.4, -0.2) is 68.6 Å². The molecule has 0 radical (unpaired) electrons. The first-order valence-corrected chi connectivity index (χ1v) is 6.70. The highest BCUT2D eigenvalue weighted by molar-refractivity contribution is 5.84. The van der Waals surface area contributed by atoms with E-state index in [9.17, 15) is 4.79 Å². The predicted octanol–water partition coefficient (Wildman–Crippen LogP) is 0.114. The minimum absolute atomic E-state index is 0.264. The number of nitrogens with two attached hydrogens (primary N) is 1. The topological polar surface area (TPSA) is 61.6 Å². The van der Waals surface area contributed by atoms with Crippen LogP contribution in [0, 0.1) is 0 Å². The van der Waals surface area contributed by atoms with Gasteiger partial charge in [-0.2, -0.15) is 0 Å². The zero-order chi connectivity index (χ0) is 14.2. The summed E-state index contributed by atoms with van der Waals surface area (Å²) in [5.41, 5.74) is 4.88. The molecule has 5 nitrogen and oxygen atoms in total. The number of nitrogens with zero attached hydrogens (tertiary/aromatic N) is 2. The molecular weight excluding hydrogens is 228 g/mol. The zero-order valence-electron chi connectivity index (χ0n) is 12.6. The van der Waals surface area contributed by atoms with Crippen LogP contribution >= 0.6 is 0 Å². The molecule has 0 heterocycles. The van der Waals surface area contributed by atoms with Crippen molar-refractivity contribution in [1.29, 1.82) is 0 Å². The monoisotopic (exact) mass is 258 g/mol. The Morgan fingerprint density at radius 1 is 1.22 bits per heavy atom. The van der Waals surface area contributed by atoms with E-state index in [4.69, 9.17) is 5.73 Å². The third-order valence-electron chi connectivity index (χ3n) is 3.26. The number of hydrogen-bond donors (Lipinski definition) is 2. The molecular formula is C13H30N4O. The molecule has 0 spiro atoms. The number of nitrogens with one attached hydrogen (secondary N) is 1. The molecule has 0 aromatic rings. The summed E-state index contributed by atoms with van der Waals surface area (Å²) in [5.74, 6) is -0.264. The Kier molecular flexibility index (Phi) is 8.15. The van der Waals surface area contributed by atoms with Gasteiger partial charge in [-0.1, -0.05) is 6.92 Å². The second kappa shape index (κ2) is 8.45. The molecule has 0 saturated heterocycles. The Balaban J connectivity index is 3.96. The van der Waals surface area contributed by atoms with Crippen molar-refractivity contribution < 1.29 is 4.79 Å². The molecule has 1 amide bonds. The van der Waals surface area contributed by atoms with Crippen molar-refractivity contribution in [2.75, 3.05) is 47.3 Å². The highest BCUT2D eigenvalue weighted by Gasteiger charge is 2.29. The number of primary amides is 1. The van der Waals surface area contributed by atoms with Gasteiger partial charge in [0, 0.05) is 13.1 Å². The number of carbonyl (C=O) groups is 1. The van der Waals surface area contributed by atoms with E-state index in [0.717, 1.165) is 39.0 Å². The van der Waals surface area contributed by atoms with Crippen molar-refractivity contribution in [3.63, 3.8) is 0 Å². The molecule has 0 rings (SSSR count). The Hall–Kier alpha value is -0.650. The molecule has 0 fully saturated rings. The standard InChI is InChI=1S/C13H30N4O/c1-6-15-13(2,12(14)18)8-7-9-17(5)11-10-16(3)4/h15H,6-11H2,1-5H3,(H2,14,18). The van der Waals surface area contributed by atoms with Crippen LogP contribution in [0.15, 0.2) is 0 Å². The number of rotatable bonds is 10. The summed E-state index contributed by atoms with van der Waals surface area (Å²) in [6.45, 7) is 7.72. The first-order chi connectivity index (χ1) is 8.31. The van der Waals surface area contributed by atoms with E-state index in [1.165, 1.54) is 0 Å². The van der Waals surface area contributed by atoms with Crippen molar-refractivity contribution in [2.45, 2.75) is 32.2 Å². The maximum Gasteiger partial charge on any atom is 0.237 e. The van der Waals surface area contributed by atoms with Crippen molar-refractivity contribution >= 4 is 5.91 Å². The van der Waals surface area contributed by atoms with Gasteiger partial charge in [0.15, 0.2) is 0 Å². The molecule has 0 saturated carbocycles. The van der Waals surface area contributed by atoms with Crippen molar-refractivity contribution in [2.24, 2.45) is 5.73 Å². The number of likely N-dealkylation sites (N-methyl/N-ethyl adjacent to an activating group) is 3. The minimum atomic E-state index is -0.572. The SMILES string of the molecule is CCNC(C)(CCCN(C)CCN(C)C)C(N)=O. The quantitative estimate of drug-likeness (QED) is 0.584. The molecule has 0 aliphatic heterocycles. The van der Waals surface area contributed by atoms with Crippen LogP contribution in [0.2, 0.25) is 0 Å². The van der Waals surface area contributed by atoms with E-state index >= 15 is 0 Å². The molecule has 0 aliphatic carbocycles. The lowest BCUT2D eigenvalue weighted by Gasteiger charge is -2.28. The van der Waals surface area contributed by atoms with Crippen molar-refractivity contribution in [3.05, 3.63) is 0 Å². The van der Waals surface area contributed by atoms with Crippen LogP contribution < -0.4 is 11.1 Å². The maximum absolute atomic E-state index is 11.4. The fraction of sp³-hybridized carbons (Fsp3) is 0.923. The zero-order valence-corrected chi connectivity index (χ0v) is 12.6. The molecule has 5 heteroatoms. The third-order valence-corrected chi connectivity index (χ3v) is 3.26. The summed E-state index contributed by atoms with van der Waals surface area (Å²) >= 11 is 0. The number of amides is 1. The Labute approximate surface area is 112 Å². The largest absolute Gasteiger partial charge is 0.368 e. The van der Waals surface area contributed by atoms with E-state index in [-0.39, 0.29) is 5.91 Å². The average molecular weight is 258 g/mol. The molecule has 0 bridgehead atoms. The van der Waals surface area contributed by atoms with Crippen LogP contribution in [0.4, 0.5) is 0 Å². The second-order valence-electron chi connectivity index (χ2n) is 5.44. The van der Waals surface area contributed by atoms with E-state index in [1.807, 2.05) is 13.8 Å². The number of hydrogen-bond acceptors (Lipinski definition) is 4. The summed E-state index contributed by atoms with van der Waals surface area (Å²) in [6.07, 6.45) is 1.75. The first-order valence-electron chi connectivity index (χ1n) is 6.70. The second-order valence-corrected chi connectivity index (χ2v) is 5.44. The Bertz CT molecular complexity index is 245. The normalized spacial score (nSPS) is 15.1. The summed E-state index contributed by atoms with van der Waals surface area (Å²) in [5, 5.41) is 3.18. The van der Waals surface area contributed by atoms with Gasteiger partial charge in [0.1, 0.15) is 0 Å². The third kappa shape index (κ3) is 6.93. The fourth-order valence-electron chi connectivity index (χ4n) is 1.87. The van der Waals surface area contributed by atoms with Gasteiger partial charge in [-0.3, -0.25) is 4.79 Å². The number of carbonyl (C=O) groups excluding carboxylic acids is 1. The smallest absolute Gasteiger partial charge is 0.237 e. The maximum atomic E-state index is 11.4. The highest BCUT2D eigenvalue weighted by atomic mass is 16.1. The molecule has 108 valence electrons. The molecule has 1 unspecified atom stereocenters. The summed E-state index contributed by atoms with van der Waals surface area (Å²) in [7, 11) is 6.25. The van der Waals surface area contributed by atoms with E-state index < -0.39 is 5.54 Å². The lowest BCUT2D eigenvalue weighted by Crippen LogP contribution is -2.53. The minimum Gasteiger partial charge on any atom is -0.368 e. The lowest BCUT2D eigenvalue weighted by molar-refractivity contribution is -0.124. The van der Waals surface area contributed by atoms with E-state index in [2.05, 4.69) is 36.3 Å². The highest BCUT2D eigenvalue weighted by Crippen LogP contribution is 2.12. The van der Waals surface area contributed by atoms with Gasteiger partial charge in [0.2, 0.25) is 5.91 Å². The van der Waals surface area contributed by atoms with E-state index in [0.29, 0.717) is 0 Å². The summed E-state index contributed by atoms with van der Waals surface area (Å²) in [6, 6.07) is 0. The van der Waals surface area contributed by atoms with Crippen molar-refractivity contribution in [1.82, 2.24) is 15.1 Å². The van der Waals surface area contributed by atoms with Crippen LogP contribution in [0.5, 0.6) is 0 Å². The fourth-order valence-corrected chi connectivity index (χ4v) is 1.87. The van der Waals surface area contributed by atoms with Crippen LogP contribution in [-0.2, 0) is 4.79 Å². The van der Waals surface area contributed by atoms with Gasteiger partial charge < -0.3 is 20.9 Å². The Morgan fingerprint density at radius 3 is 2.28 bits per heavy atom. The van der Waals surface area contributed by atoms with Crippen LogP contribution in [0.25, 0.3) is 0 Å². The summed E-state index contributed by atoms with van der Waals surface area (Å²) < 4.78 is 0. The Morgan fingerprint density at radius 2 is 1.83 bits per heavy atom. The molecule has 3 N–H and O–H groups in total. The van der Waals surface area contributed by atoms with Gasteiger partial charge in [-0.15, -0.1) is 0 Å². The molecule has 0 aromatic heterocycles. The molecule has 0 aliphatic rings. The molecule has 18 heavy (non-hydrogen) atoms. The molecule has 1 atom stereocenters. The van der Waals surface area contributed by atoms with Gasteiger partial charge in [-0.05, 0) is 54.0 Å². The van der Waals surface area contributed by atoms with Gasteiger partial charge in [0.25, 0.3) is 0 Å². The van der Waals surface area contributed by atoms with Gasteiger partial charge in [0.05, 0.1) is 5.54 Å². The summed E-state index contributed by atoms with van der Waals surface area (Å²) in [4.78, 5) is 15.9. The lowest BCUT2D eigenvalue weighted by atomic mass is 9.95. The molecule has 0 aromatic carbocycles. The van der Waals surface area contributed by atoms with E-state index in [1.54, 1.807) is 0 Å². The van der Waals surface area contributed by atoms with Gasteiger partial charge in [-0.25, -0.2) is 0 Å². The van der Waals surface area contributed by atoms with Gasteiger partial charge >= 0.3 is 0 Å². The first kappa shape index (κ1) is 17.4. The van der Waals surface area contributed by atoms with Crippen LogP contribution in [0.1, 0.15) is 26.7 Å².